The Kier molecular flexibility index (Phi) is 6.05. The van der Waals surface area contributed by atoms with Gasteiger partial charge in [-0.2, -0.15) is 0 Å². The highest BCUT2D eigenvalue weighted by molar-refractivity contribution is 6.20. The zero-order valence-corrected chi connectivity index (χ0v) is 12.3. The van der Waals surface area contributed by atoms with Crippen molar-refractivity contribution in [3.05, 3.63) is 35.4 Å². The van der Waals surface area contributed by atoms with E-state index in [1.165, 1.54) is 17.5 Å². The van der Waals surface area contributed by atoms with E-state index >= 15 is 0 Å². The molecule has 0 saturated carbocycles. The summed E-state index contributed by atoms with van der Waals surface area (Å²) in [4.78, 5) is 0. The molecule has 0 N–H and O–H groups in total. The molecule has 0 bridgehead atoms. The molecule has 0 fully saturated rings. The van der Waals surface area contributed by atoms with Crippen LogP contribution in [0.15, 0.2) is 24.3 Å². The third kappa shape index (κ3) is 5.12. The highest BCUT2D eigenvalue weighted by atomic mass is 35.5. The summed E-state index contributed by atoms with van der Waals surface area (Å²) in [5.74, 6) is 1.42. The van der Waals surface area contributed by atoms with Gasteiger partial charge in [0, 0.05) is 0 Å². The molecule has 96 valence electrons. The topological polar surface area (TPSA) is 0 Å². The van der Waals surface area contributed by atoms with Crippen LogP contribution in [0, 0.1) is 11.8 Å². The van der Waals surface area contributed by atoms with Gasteiger partial charge in [0.25, 0.3) is 0 Å². The minimum atomic E-state index is 0.165. The first-order chi connectivity index (χ1) is 8.02. The lowest BCUT2D eigenvalue weighted by molar-refractivity contribution is 0.508. The van der Waals surface area contributed by atoms with Crippen molar-refractivity contribution < 1.29 is 0 Å². The van der Waals surface area contributed by atoms with Gasteiger partial charge < -0.3 is 0 Å². The predicted octanol–water partition coefficient (Wildman–Crippen LogP) is 5.60. The van der Waals surface area contributed by atoms with Crippen LogP contribution in [0.5, 0.6) is 0 Å². The van der Waals surface area contributed by atoms with Crippen molar-refractivity contribution in [1.82, 2.24) is 0 Å². The second-order valence-electron chi connectivity index (χ2n) is 5.56. The molecule has 0 spiro atoms. The minimum Gasteiger partial charge on any atom is -0.118 e. The molecule has 2 atom stereocenters. The monoisotopic (exact) mass is 252 g/mol. The minimum absolute atomic E-state index is 0.165. The summed E-state index contributed by atoms with van der Waals surface area (Å²) in [6.07, 6.45) is 3.43. The van der Waals surface area contributed by atoms with Crippen molar-refractivity contribution in [1.29, 1.82) is 0 Å². The number of alkyl halides is 1. The molecule has 0 radical (unpaired) electrons. The number of benzene rings is 1. The fourth-order valence-electron chi connectivity index (χ4n) is 1.99. The van der Waals surface area contributed by atoms with Gasteiger partial charge in [-0.1, -0.05) is 58.4 Å². The first-order valence-corrected chi connectivity index (χ1v) is 7.19. The zero-order valence-electron chi connectivity index (χ0n) is 11.5. The maximum Gasteiger partial charge on any atom is 0.0587 e. The smallest absolute Gasteiger partial charge is 0.0587 e. The molecule has 0 nitrogen and oxygen atoms in total. The molecule has 1 aromatic carbocycles. The Bertz CT molecular complexity index is 313. The molecule has 2 unspecified atom stereocenters. The summed E-state index contributed by atoms with van der Waals surface area (Å²) in [5, 5.41) is 0.165. The van der Waals surface area contributed by atoms with Crippen molar-refractivity contribution in [2.24, 2.45) is 11.8 Å². The number of halogens is 1. The van der Waals surface area contributed by atoms with Gasteiger partial charge in [0.1, 0.15) is 0 Å². The molecule has 0 heterocycles. The van der Waals surface area contributed by atoms with Crippen LogP contribution in [0.3, 0.4) is 0 Å². The Morgan fingerprint density at radius 1 is 1.06 bits per heavy atom. The predicted molar refractivity (Wildman–Crippen MR) is 77.7 cm³/mol. The van der Waals surface area contributed by atoms with Crippen LogP contribution in [0.4, 0.5) is 0 Å². The average Bonchev–Trinajstić information content (AvgIpc) is 2.28. The Morgan fingerprint density at radius 2 is 1.65 bits per heavy atom. The lowest BCUT2D eigenvalue weighted by atomic mass is 9.96. The number of rotatable bonds is 6. The van der Waals surface area contributed by atoms with E-state index in [1.54, 1.807) is 0 Å². The summed E-state index contributed by atoms with van der Waals surface area (Å²) in [5.41, 5.74) is 2.68. The Morgan fingerprint density at radius 3 is 2.12 bits per heavy atom. The molecule has 0 aliphatic heterocycles. The van der Waals surface area contributed by atoms with Crippen molar-refractivity contribution in [3.8, 4) is 0 Å². The van der Waals surface area contributed by atoms with E-state index in [2.05, 4.69) is 52.0 Å². The molecule has 0 aliphatic rings. The molecule has 0 aliphatic carbocycles. The largest absolute Gasteiger partial charge is 0.118 e. The van der Waals surface area contributed by atoms with Gasteiger partial charge in [-0.25, -0.2) is 0 Å². The van der Waals surface area contributed by atoms with Crippen molar-refractivity contribution in [3.63, 3.8) is 0 Å². The number of hydrogen-bond acceptors (Lipinski definition) is 0. The summed E-state index contributed by atoms with van der Waals surface area (Å²) in [6, 6.07) is 8.83. The molecule has 17 heavy (non-hydrogen) atoms. The van der Waals surface area contributed by atoms with Crippen molar-refractivity contribution in [2.45, 2.75) is 52.3 Å². The molecule has 0 saturated heterocycles. The highest BCUT2D eigenvalue weighted by Gasteiger charge is 2.11. The van der Waals surface area contributed by atoms with Gasteiger partial charge in [-0.3, -0.25) is 0 Å². The molecule has 1 heteroatoms. The lowest BCUT2D eigenvalue weighted by Crippen LogP contribution is -2.00. The van der Waals surface area contributed by atoms with Gasteiger partial charge in [0.15, 0.2) is 0 Å². The summed E-state index contributed by atoms with van der Waals surface area (Å²) < 4.78 is 0. The molecular formula is C16H25Cl. The van der Waals surface area contributed by atoms with Crippen LogP contribution in [-0.4, -0.2) is 0 Å². The zero-order chi connectivity index (χ0) is 12.8. The first kappa shape index (κ1) is 14.6. The Labute approximate surface area is 111 Å². The van der Waals surface area contributed by atoms with Crippen LogP contribution in [-0.2, 0) is 6.42 Å². The molecular weight excluding hydrogens is 228 g/mol. The maximum absolute atomic E-state index is 6.44. The summed E-state index contributed by atoms with van der Waals surface area (Å²) in [7, 11) is 0. The van der Waals surface area contributed by atoms with Gasteiger partial charge >= 0.3 is 0 Å². The first-order valence-electron chi connectivity index (χ1n) is 6.75. The molecule has 1 aromatic rings. The quantitative estimate of drug-likeness (QED) is 0.578. The standard InChI is InChI=1S/C16H25Cl/c1-5-13(4)11-16(17)15-8-6-14(7-9-15)10-12(2)3/h6-9,12-13,16H,5,10-11H2,1-4H3. The van der Waals surface area contributed by atoms with E-state index in [0.717, 1.165) is 12.8 Å². The summed E-state index contributed by atoms with van der Waals surface area (Å²) >= 11 is 6.44. The average molecular weight is 253 g/mol. The fraction of sp³-hybridized carbons (Fsp3) is 0.625. The van der Waals surface area contributed by atoms with Crippen molar-refractivity contribution >= 4 is 11.6 Å². The van der Waals surface area contributed by atoms with E-state index in [-0.39, 0.29) is 5.38 Å². The van der Waals surface area contributed by atoms with Crippen molar-refractivity contribution in [2.75, 3.05) is 0 Å². The van der Waals surface area contributed by atoms with Crippen LogP contribution in [0.1, 0.15) is 57.0 Å². The van der Waals surface area contributed by atoms with Gasteiger partial charge in [-0.15, -0.1) is 11.6 Å². The molecule has 0 aromatic heterocycles. The second kappa shape index (κ2) is 7.06. The fourth-order valence-corrected chi connectivity index (χ4v) is 2.44. The van der Waals surface area contributed by atoms with E-state index in [9.17, 15) is 0 Å². The maximum atomic E-state index is 6.44. The van der Waals surface area contributed by atoms with Gasteiger partial charge in [-0.05, 0) is 35.8 Å². The second-order valence-corrected chi connectivity index (χ2v) is 6.08. The summed E-state index contributed by atoms with van der Waals surface area (Å²) in [6.45, 7) is 8.99. The van der Waals surface area contributed by atoms with E-state index in [4.69, 9.17) is 11.6 Å². The van der Waals surface area contributed by atoms with E-state index in [0.29, 0.717) is 11.8 Å². The Hall–Kier alpha value is -0.490. The Balaban J connectivity index is 2.60. The van der Waals surface area contributed by atoms with Crippen LogP contribution < -0.4 is 0 Å². The normalized spacial score (nSPS) is 14.9. The van der Waals surface area contributed by atoms with Crippen LogP contribution >= 0.6 is 11.6 Å². The van der Waals surface area contributed by atoms with Crippen LogP contribution in [0.25, 0.3) is 0 Å². The van der Waals surface area contributed by atoms with Gasteiger partial charge in [0.2, 0.25) is 0 Å². The molecule has 0 amide bonds. The molecule has 1 rings (SSSR count). The SMILES string of the molecule is CCC(C)CC(Cl)c1ccc(CC(C)C)cc1. The van der Waals surface area contributed by atoms with Crippen LogP contribution in [0.2, 0.25) is 0 Å². The highest BCUT2D eigenvalue weighted by Crippen LogP contribution is 2.29. The van der Waals surface area contributed by atoms with E-state index < -0.39 is 0 Å². The van der Waals surface area contributed by atoms with E-state index in [1.807, 2.05) is 0 Å². The number of hydrogen-bond donors (Lipinski definition) is 0. The lowest BCUT2D eigenvalue weighted by Gasteiger charge is -2.15. The third-order valence-electron chi connectivity index (χ3n) is 3.29. The van der Waals surface area contributed by atoms with Gasteiger partial charge in [0.05, 0.1) is 5.38 Å². The third-order valence-corrected chi connectivity index (χ3v) is 3.72.